The van der Waals surface area contributed by atoms with Gasteiger partial charge < -0.3 is 9.47 Å². The maximum Gasteiger partial charge on any atom is 0.309 e. The highest BCUT2D eigenvalue weighted by Gasteiger charge is 2.05. The van der Waals surface area contributed by atoms with E-state index in [-0.39, 0.29) is 5.97 Å². The van der Waals surface area contributed by atoms with Gasteiger partial charge in [0.25, 0.3) is 0 Å². The van der Waals surface area contributed by atoms with Gasteiger partial charge in [-0.3, -0.25) is 4.79 Å². The summed E-state index contributed by atoms with van der Waals surface area (Å²) >= 11 is 0. The number of carbonyl (C=O) groups excluding carboxylic acids is 1. The van der Waals surface area contributed by atoms with E-state index in [1.807, 2.05) is 32.0 Å². The molecule has 0 atom stereocenters. The molecule has 0 spiro atoms. The summed E-state index contributed by atoms with van der Waals surface area (Å²) in [6.07, 6.45) is 0.309. The number of methoxy groups -OCH3 is 1. The maximum atomic E-state index is 11.0. The summed E-state index contributed by atoms with van der Waals surface area (Å²) in [5, 5.41) is 0. The minimum absolute atomic E-state index is 0.224. The van der Waals surface area contributed by atoms with Crippen molar-refractivity contribution in [3.8, 4) is 5.75 Å². The fraction of sp³-hybridized carbons (Fsp3) is 0.417. The van der Waals surface area contributed by atoms with Crippen molar-refractivity contribution in [2.45, 2.75) is 20.3 Å². The molecular weight excluding hydrogens is 192 g/mol. The number of carbonyl (C=O) groups is 1. The van der Waals surface area contributed by atoms with Crippen molar-refractivity contribution in [3.63, 3.8) is 0 Å². The van der Waals surface area contributed by atoms with Crippen LogP contribution < -0.4 is 4.74 Å². The molecule has 1 aromatic rings. The lowest BCUT2D eigenvalue weighted by molar-refractivity contribution is -0.139. The van der Waals surface area contributed by atoms with Crippen molar-refractivity contribution in [2.75, 3.05) is 13.7 Å². The van der Waals surface area contributed by atoms with Crippen molar-refractivity contribution in [2.24, 2.45) is 0 Å². The van der Waals surface area contributed by atoms with E-state index in [1.165, 1.54) is 7.11 Å². The molecule has 0 aliphatic heterocycles. The number of rotatable bonds is 4. The standard InChI is InChI=1S/C12H16O3/c1-4-15-11-6-5-10(7-9(11)2)8-12(13)14-3/h5-7H,4,8H2,1-3H3. The average molecular weight is 208 g/mol. The van der Waals surface area contributed by atoms with Gasteiger partial charge in [0, 0.05) is 0 Å². The lowest BCUT2D eigenvalue weighted by Crippen LogP contribution is -2.05. The van der Waals surface area contributed by atoms with Crippen LogP contribution >= 0.6 is 0 Å². The van der Waals surface area contributed by atoms with Gasteiger partial charge in [-0.25, -0.2) is 0 Å². The van der Waals surface area contributed by atoms with Gasteiger partial charge in [0.05, 0.1) is 20.1 Å². The molecule has 0 bridgehead atoms. The Morgan fingerprint density at radius 2 is 2.13 bits per heavy atom. The number of benzene rings is 1. The van der Waals surface area contributed by atoms with Gasteiger partial charge in [-0.15, -0.1) is 0 Å². The average Bonchev–Trinajstić information content (AvgIpc) is 2.22. The molecule has 0 aromatic heterocycles. The fourth-order valence-electron chi connectivity index (χ4n) is 1.38. The van der Waals surface area contributed by atoms with Crippen LogP contribution in [0.2, 0.25) is 0 Å². The predicted molar refractivity (Wildman–Crippen MR) is 58.1 cm³/mol. The lowest BCUT2D eigenvalue weighted by atomic mass is 10.1. The molecule has 82 valence electrons. The summed E-state index contributed by atoms with van der Waals surface area (Å²) in [6.45, 7) is 4.56. The van der Waals surface area contributed by atoms with Crippen molar-refractivity contribution in [3.05, 3.63) is 29.3 Å². The Kier molecular flexibility index (Phi) is 4.16. The van der Waals surface area contributed by atoms with Gasteiger partial charge >= 0.3 is 5.97 Å². The highest BCUT2D eigenvalue weighted by atomic mass is 16.5. The molecule has 1 aromatic carbocycles. The molecule has 0 N–H and O–H groups in total. The van der Waals surface area contributed by atoms with E-state index in [2.05, 4.69) is 4.74 Å². The fourth-order valence-corrected chi connectivity index (χ4v) is 1.38. The molecule has 15 heavy (non-hydrogen) atoms. The van der Waals surface area contributed by atoms with Crippen LogP contribution in [0, 0.1) is 6.92 Å². The minimum Gasteiger partial charge on any atom is -0.494 e. The molecule has 0 aliphatic rings. The largest absolute Gasteiger partial charge is 0.494 e. The Labute approximate surface area is 90.0 Å². The number of ether oxygens (including phenoxy) is 2. The van der Waals surface area contributed by atoms with Gasteiger partial charge in [0.1, 0.15) is 5.75 Å². The first-order valence-corrected chi connectivity index (χ1v) is 4.96. The summed E-state index contributed by atoms with van der Waals surface area (Å²) in [4.78, 5) is 11.0. The molecule has 0 radical (unpaired) electrons. The summed E-state index contributed by atoms with van der Waals surface area (Å²) < 4.78 is 10.0. The summed E-state index contributed by atoms with van der Waals surface area (Å²) in [6, 6.07) is 5.72. The molecule has 0 amide bonds. The van der Waals surface area contributed by atoms with Gasteiger partial charge in [-0.2, -0.15) is 0 Å². The zero-order chi connectivity index (χ0) is 11.3. The molecule has 0 fully saturated rings. The van der Waals surface area contributed by atoms with Crippen LogP contribution in [0.4, 0.5) is 0 Å². The Hall–Kier alpha value is -1.51. The second-order valence-corrected chi connectivity index (χ2v) is 3.29. The van der Waals surface area contributed by atoms with E-state index < -0.39 is 0 Å². The first-order chi connectivity index (χ1) is 7.17. The topological polar surface area (TPSA) is 35.5 Å². The SMILES string of the molecule is CCOc1ccc(CC(=O)OC)cc1C. The molecule has 1 rings (SSSR count). The maximum absolute atomic E-state index is 11.0. The summed E-state index contributed by atoms with van der Waals surface area (Å²) in [5.74, 6) is 0.643. The monoisotopic (exact) mass is 208 g/mol. The van der Waals surface area contributed by atoms with Crippen LogP contribution in [-0.2, 0) is 16.0 Å². The van der Waals surface area contributed by atoms with Crippen molar-refractivity contribution in [1.82, 2.24) is 0 Å². The first kappa shape index (κ1) is 11.6. The van der Waals surface area contributed by atoms with Gasteiger partial charge in [0.15, 0.2) is 0 Å². The summed E-state index contributed by atoms with van der Waals surface area (Å²) in [7, 11) is 1.39. The second kappa shape index (κ2) is 5.39. The normalized spacial score (nSPS) is 9.80. The lowest BCUT2D eigenvalue weighted by Gasteiger charge is -2.08. The van der Waals surface area contributed by atoms with Crippen molar-refractivity contribution >= 4 is 5.97 Å². The number of esters is 1. The van der Waals surface area contributed by atoms with E-state index in [1.54, 1.807) is 0 Å². The predicted octanol–water partition coefficient (Wildman–Crippen LogP) is 2.11. The molecule has 3 nitrogen and oxygen atoms in total. The van der Waals surface area contributed by atoms with Crippen LogP contribution in [0.5, 0.6) is 5.75 Å². The number of hydrogen-bond acceptors (Lipinski definition) is 3. The molecule has 3 heteroatoms. The quantitative estimate of drug-likeness (QED) is 0.711. The van der Waals surface area contributed by atoms with Gasteiger partial charge in [-0.05, 0) is 31.0 Å². The zero-order valence-corrected chi connectivity index (χ0v) is 9.37. The Bertz CT molecular complexity index is 345. The van der Waals surface area contributed by atoms with Gasteiger partial charge in [0.2, 0.25) is 0 Å². The second-order valence-electron chi connectivity index (χ2n) is 3.29. The minimum atomic E-state index is -0.224. The third-order valence-electron chi connectivity index (χ3n) is 2.12. The van der Waals surface area contributed by atoms with Crippen LogP contribution in [0.1, 0.15) is 18.1 Å². The van der Waals surface area contributed by atoms with Crippen LogP contribution in [0.25, 0.3) is 0 Å². The van der Waals surface area contributed by atoms with Crippen molar-refractivity contribution < 1.29 is 14.3 Å². The van der Waals surface area contributed by atoms with E-state index in [9.17, 15) is 4.79 Å². The highest BCUT2D eigenvalue weighted by molar-refractivity contribution is 5.72. The van der Waals surface area contributed by atoms with E-state index >= 15 is 0 Å². The Morgan fingerprint density at radius 1 is 1.40 bits per heavy atom. The molecule has 0 heterocycles. The molecule has 0 saturated carbocycles. The number of hydrogen-bond donors (Lipinski definition) is 0. The molecule has 0 saturated heterocycles. The molecular formula is C12H16O3. The van der Waals surface area contributed by atoms with E-state index in [0.717, 1.165) is 16.9 Å². The van der Waals surface area contributed by atoms with Crippen LogP contribution in [-0.4, -0.2) is 19.7 Å². The molecule has 0 aliphatic carbocycles. The first-order valence-electron chi connectivity index (χ1n) is 4.96. The Balaban J connectivity index is 2.77. The van der Waals surface area contributed by atoms with Crippen LogP contribution in [0.3, 0.4) is 0 Å². The van der Waals surface area contributed by atoms with Crippen molar-refractivity contribution in [1.29, 1.82) is 0 Å². The Morgan fingerprint density at radius 3 is 2.67 bits per heavy atom. The van der Waals surface area contributed by atoms with E-state index in [0.29, 0.717) is 13.0 Å². The number of aryl methyl sites for hydroxylation is 1. The third-order valence-corrected chi connectivity index (χ3v) is 2.12. The summed E-state index contributed by atoms with van der Waals surface area (Å²) in [5.41, 5.74) is 1.99. The molecule has 0 unspecified atom stereocenters. The highest BCUT2D eigenvalue weighted by Crippen LogP contribution is 2.19. The van der Waals surface area contributed by atoms with E-state index in [4.69, 9.17) is 4.74 Å². The van der Waals surface area contributed by atoms with Gasteiger partial charge in [-0.1, -0.05) is 12.1 Å². The smallest absolute Gasteiger partial charge is 0.309 e. The third kappa shape index (κ3) is 3.27. The van der Waals surface area contributed by atoms with Crippen LogP contribution in [0.15, 0.2) is 18.2 Å². The zero-order valence-electron chi connectivity index (χ0n) is 9.37.